The molecule has 0 saturated carbocycles. The molecule has 176 valence electrons. The first-order valence-corrected chi connectivity index (χ1v) is 11.7. The lowest BCUT2D eigenvalue weighted by atomic mass is 10.1. The number of halogens is 1. The number of rotatable bonds is 7. The van der Waals surface area contributed by atoms with Crippen molar-refractivity contribution in [2.75, 3.05) is 18.9 Å². The number of benzene rings is 2. The lowest BCUT2D eigenvalue weighted by Gasteiger charge is -2.33. The molecule has 0 radical (unpaired) electrons. The van der Waals surface area contributed by atoms with Gasteiger partial charge in [-0.05, 0) is 41.8 Å². The van der Waals surface area contributed by atoms with Gasteiger partial charge in [0.1, 0.15) is 5.69 Å². The number of fused-ring (bicyclic) bond motifs is 1. The number of nitrogens with zero attached hydrogens (tertiary/aromatic N) is 4. The Hall–Kier alpha value is -3.45. The fourth-order valence-corrected chi connectivity index (χ4v) is 4.51. The first kappa shape index (κ1) is 23.7. The van der Waals surface area contributed by atoms with E-state index in [1.54, 1.807) is 25.4 Å². The zero-order valence-electron chi connectivity index (χ0n) is 19.6. The summed E-state index contributed by atoms with van der Waals surface area (Å²) in [6, 6.07) is 15.2. The molecule has 0 saturated heterocycles. The molecule has 34 heavy (non-hydrogen) atoms. The molecule has 1 aromatic heterocycles. The highest BCUT2D eigenvalue weighted by molar-refractivity contribution is 6.31. The number of aromatic nitrogens is 2. The zero-order chi connectivity index (χ0) is 24.2. The van der Waals surface area contributed by atoms with Crippen molar-refractivity contribution in [3.8, 4) is 11.3 Å². The van der Waals surface area contributed by atoms with Gasteiger partial charge in [-0.25, -0.2) is 0 Å². The van der Waals surface area contributed by atoms with Crippen molar-refractivity contribution in [1.82, 2.24) is 14.7 Å². The molecule has 4 rings (SSSR count). The lowest BCUT2D eigenvalue weighted by Crippen LogP contribution is -2.42. The molecule has 7 nitrogen and oxygen atoms in total. The Morgan fingerprint density at radius 2 is 2.00 bits per heavy atom. The van der Waals surface area contributed by atoms with E-state index in [2.05, 4.69) is 17.2 Å². The van der Waals surface area contributed by atoms with Crippen molar-refractivity contribution in [1.29, 1.82) is 0 Å². The molecule has 1 atom stereocenters. The van der Waals surface area contributed by atoms with E-state index in [0.717, 1.165) is 29.5 Å². The topological polar surface area (TPSA) is 79.6 Å². The minimum atomic E-state index is -0.199. The number of aliphatic imine (C=N–C) groups is 1. The highest BCUT2D eigenvalue weighted by atomic mass is 35.5. The van der Waals surface area contributed by atoms with Crippen LogP contribution in [0.4, 0.5) is 5.69 Å². The third-order valence-electron chi connectivity index (χ3n) is 5.84. The van der Waals surface area contributed by atoms with Gasteiger partial charge in [-0.2, -0.15) is 5.10 Å². The Bertz CT molecular complexity index is 1230. The third kappa shape index (κ3) is 5.04. The smallest absolute Gasteiger partial charge is 0.272 e. The van der Waals surface area contributed by atoms with Crippen LogP contribution in [0.5, 0.6) is 0 Å². The number of nitrogens with one attached hydrogen (secondary N) is 1. The molecule has 2 heterocycles. The molecular weight excluding hydrogens is 450 g/mol. The fourth-order valence-electron chi connectivity index (χ4n) is 4.34. The first-order valence-electron chi connectivity index (χ1n) is 11.4. The molecular formula is C26H28ClN5O2. The summed E-state index contributed by atoms with van der Waals surface area (Å²) in [5, 5.41) is 8.13. The predicted molar refractivity (Wildman–Crippen MR) is 136 cm³/mol. The molecule has 1 aliphatic heterocycles. The summed E-state index contributed by atoms with van der Waals surface area (Å²) in [7, 11) is 1.74. The molecule has 0 fully saturated rings. The minimum Gasteiger partial charge on any atom is -0.331 e. The Balaban J connectivity index is 1.67. The average Bonchev–Trinajstić information content (AvgIpc) is 3.24. The second-order valence-corrected chi connectivity index (χ2v) is 8.92. The Morgan fingerprint density at radius 1 is 1.24 bits per heavy atom. The van der Waals surface area contributed by atoms with E-state index in [9.17, 15) is 9.59 Å². The van der Waals surface area contributed by atoms with Crippen LogP contribution in [-0.2, 0) is 11.3 Å². The van der Waals surface area contributed by atoms with Gasteiger partial charge < -0.3 is 10.2 Å². The maximum atomic E-state index is 13.5. The maximum Gasteiger partial charge on any atom is 0.272 e. The number of amides is 2. The maximum absolute atomic E-state index is 13.5. The largest absolute Gasteiger partial charge is 0.331 e. The summed E-state index contributed by atoms with van der Waals surface area (Å²) in [5.74, 6) is -0.254. The standard InChI is InChI=1S/C26H28ClN5O2/c1-4-5-21-16-31(15-19-8-6-18(7-9-19)14-28-3)26(34)25-13-24(30-32(21)25)22-11-10-20(27)12-23(22)29-17(2)33/h6-14,21H,4-5,15-16H2,1-3H3,(H,29,33). The van der Waals surface area contributed by atoms with Crippen LogP contribution < -0.4 is 5.32 Å². The Labute approximate surface area is 204 Å². The quantitative estimate of drug-likeness (QED) is 0.474. The van der Waals surface area contributed by atoms with Crippen molar-refractivity contribution < 1.29 is 9.59 Å². The summed E-state index contributed by atoms with van der Waals surface area (Å²) in [6.07, 6.45) is 3.69. The Kier molecular flexibility index (Phi) is 7.12. The van der Waals surface area contributed by atoms with Crippen LogP contribution in [0.1, 0.15) is 54.3 Å². The van der Waals surface area contributed by atoms with Crippen LogP contribution in [0, 0.1) is 0 Å². The van der Waals surface area contributed by atoms with E-state index in [1.807, 2.05) is 46.0 Å². The highest BCUT2D eigenvalue weighted by Gasteiger charge is 2.33. The normalized spacial score (nSPS) is 15.6. The van der Waals surface area contributed by atoms with E-state index >= 15 is 0 Å². The number of hydrogen-bond donors (Lipinski definition) is 1. The van der Waals surface area contributed by atoms with Crippen molar-refractivity contribution >= 4 is 35.3 Å². The van der Waals surface area contributed by atoms with Gasteiger partial charge in [0.25, 0.3) is 5.91 Å². The minimum absolute atomic E-state index is 0.0552. The van der Waals surface area contributed by atoms with Crippen molar-refractivity contribution in [3.63, 3.8) is 0 Å². The SMILES string of the molecule is CCCC1CN(Cc2ccc(C=NC)cc2)C(=O)c2cc(-c3ccc(Cl)cc3NC(C)=O)nn21. The summed E-state index contributed by atoms with van der Waals surface area (Å²) in [4.78, 5) is 31.1. The summed E-state index contributed by atoms with van der Waals surface area (Å²) in [6.45, 7) is 4.70. The van der Waals surface area contributed by atoms with E-state index in [4.69, 9.17) is 16.7 Å². The molecule has 8 heteroatoms. The van der Waals surface area contributed by atoms with Crippen LogP contribution in [0.3, 0.4) is 0 Å². The zero-order valence-corrected chi connectivity index (χ0v) is 20.3. The van der Waals surface area contributed by atoms with Gasteiger partial charge in [0.05, 0.1) is 17.4 Å². The van der Waals surface area contributed by atoms with Crippen LogP contribution in [-0.4, -0.2) is 46.3 Å². The van der Waals surface area contributed by atoms with Gasteiger partial charge in [-0.15, -0.1) is 0 Å². The highest BCUT2D eigenvalue weighted by Crippen LogP contribution is 2.34. The monoisotopic (exact) mass is 477 g/mol. The van der Waals surface area contributed by atoms with Crippen molar-refractivity contribution in [3.05, 3.63) is 70.4 Å². The van der Waals surface area contributed by atoms with Crippen LogP contribution >= 0.6 is 11.6 Å². The van der Waals surface area contributed by atoms with E-state index in [1.165, 1.54) is 6.92 Å². The third-order valence-corrected chi connectivity index (χ3v) is 6.08. The second-order valence-electron chi connectivity index (χ2n) is 8.49. The molecule has 1 N–H and O–H groups in total. The van der Waals surface area contributed by atoms with Crippen LogP contribution in [0.2, 0.25) is 5.02 Å². The average molecular weight is 478 g/mol. The van der Waals surface area contributed by atoms with Gasteiger partial charge >= 0.3 is 0 Å². The molecule has 0 spiro atoms. The van der Waals surface area contributed by atoms with Crippen LogP contribution in [0.15, 0.2) is 53.5 Å². The van der Waals surface area contributed by atoms with Crippen molar-refractivity contribution in [2.24, 2.45) is 4.99 Å². The first-order chi connectivity index (χ1) is 16.4. The summed E-state index contributed by atoms with van der Waals surface area (Å²) < 4.78 is 1.85. The summed E-state index contributed by atoms with van der Waals surface area (Å²) in [5.41, 5.74) is 4.58. The lowest BCUT2D eigenvalue weighted by molar-refractivity contribution is -0.114. The predicted octanol–water partition coefficient (Wildman–Crippen LogP) is 5.21. The van der Waals surface area contributed by atoms with Gasteiger partial charge in [0, 0.05) is 43.9 Å². The van der Waals surface area contributed by atoms with E-state index in [0.29, 0.717) is 35.2 Å². The van der Waals surface area contributed by atoms with E-state index < -0.39 is 0 Å². The van der Waals surface area contributed by atoms with Gasteiger partial charge in [0.2, 0.25) is 5.91 Å². The number of carbonyl (C=O) groups excluding carboxylic acids is 2. The molecule has 0 bridgehead atoms. The van der Waals surface area contributed by atoms with Crippen LogP contribution in [0.25, 0.3) is 11.3 Å². The molecule has 0 aliphatic carbocycles. The number of carbonyl (C=O) groups is 2. The van der Waals surface area contributed by atoms with Gasteiger partial charge in [-0.1, -0.05) is 49.2 Å². The molecule has 2 aromatic carbocycles. The Morgan fingerprint density at radius 3 is 2.68 bits per heavy atom. The molecule has 3 aromatic rings. The fraction of sp³-hybridized carbons (Fsp3) is 0.308. The number of anilines is 1. The second kappa shape index (κ2) is 10.2. The summed E-state index contributed by atoms with van der Waals surface area (Å²) >= 11 is 6.15. The molecule has 1 aliphatic rings. The molecule has 2 amide bonds. The van der Waals surface area contributed by atoms with E-state index in [-0.39, 0.29) is 17.9 Å². The van der Waals surface area contributed by atoms with Gasteiger partial charge in [0.15, 0.2) is 0 Å². The van der Waals surface area contributed by atoms with Gasteiger partial charge in [-0.3, -0.25) is 19.3 Å². The molecule has 1 unspecified atom stereocenters. The number of hydrogen-bond acceptors (Lipinski definition) is 4. The van der Waals surface area contributed by atoms with Crippen molar-refractivity contribution in [2.45, 2.75) is 39.3 Å².